The van der Waals surface area contributed by atoms with Crippen LogP contribution in [0.5, 0.6) is 5.75 Å². The number of ether oxygens (including phenoxy) is 1. The summed E-state index contributed by atoms with van der Waals surface area (Å²) in [6.07, 6.45) is 0. The van der Waals surface area contributed by atoms with Crippen LogP contribution in [0.3, 0.4) is 0 Å². The summed E-state index contributed by atoms with van der Waals surface area (Å²) in [6.45, 7) is 2.96. The summed E-state index contributed by atoms with van der Waals surface area (Å²) in [6, 6.07) is 6.61. The van der Waals surface area contributed by atoms with Crippen molar-refractivity contribution in [1.82, 2.24) is 4.90 Å². The lowest BCUT2D eigenvalue weighted by atomic mass is 10.0. The van der Waals surface area contributed by atoms with Gasteiger partial charge in [-0.3, -0.25) is 4.79 Å². The van der Waals surface area contributed by atoms with Crippen LogP contribution >= 0.6 is 0 Å². The first kappa shape index (κ1) is 14.0. The lowest BCUT2D eigenvalue weighted by molar-refractivity contribution is -0.147. The molecule has 98 valence electrons. The second-order valence-corrected chi connectivity index (χ2v) is 4.46. The molecule has 0 fully saturated rings. The first-order valence-electron chi connectivity index (χ1n) is 5.46. The quantitative estimate of drug-likeness (QED) is 0.883. The third-order valence-electron chi connectivity index (χ3n) is 2.98. The van der Waals surface area contributed by atoms with Crippen LogP contribution in [0, 0.1) is 0 Å². The molecule has 0 bridgehead atoms. The highest BCUT2D eigenvalue weighted by molar-refractivity contribution is 5.97. The van der Waals surface area contributed by atoms with Crippen molar-refractivity contribution in [2.75, 3.05) is 14.2 Å². The molecule has 1 rings (SSSR count). The average Bonchev–Trinajstić information content (AvgIpc) is 2.36. The minimum atomic E-state index is -1.26. The van der Waals surface area contributed by atoms with Crippen LogP contribution in [0.25, 0.3) is 0 Å². The Morgan fingerprint density at radius 3 is 2.44 bits per heavy atom. The molecule has 5 heteroatoms. The molecule has 0 aliphatic heterocycles. The van der Waals surface area contributed by atoms with Gasteiger partial charge in [-0.05, 0) is 32.0 Å². The number of carbonyl (C=O) groups excluding carboxylic acids is 1. The van der Waals surface area contributed by atoms with E-state index < -0.39 is 11.5 Å². The lowest BCUT2D eigenvalue weighted by Crippen LogP contribution is -2.50. The monoisotopic (exact) mass is 251 g/mol. The minimum absolute atomic E-state index is 0.360. The molecule has 0 saturated carbocycles. The summed E-state index contributed by atoms with van der Waals surface area (Å²) in [4.78, 5) is 24.5. The van der Waals surface area contributed by atoms with Gasteiger partial charge in [0.15, 0.2) is 0 Å². The second-order valence-electron chi connectivity index (χ2n) is 4.46. The van der Waals surface area contributed by atoms with Gasteiger partial charge in [0, 0.05) is 12.6 Å². The number of hydrogen-bond acceptors (Lipinski definition) is 3. The molecule has 1 aromatic rings. The molecule has 1 amide bonds. The van der Waals surface area contributed by atoms with Gasteiger partial charge in [0.1, 0.15) is 11.3 Å². The van der Waals surface area contributed by atoms with E-state index in [9.17, 15) is 9.59 Å². The topological polar surface area (TPSA) is 66.8 Å². The van der Waals surface area contributed by atoms with Gasteiger partial charge in [-0.2, -0.15) is 0 Å². The Balaban J connectivity index is 3.03. The molecule has 0 atom stereocenters. The van der Waals surface area contributed by atoms with Crippen molar-refractivity contribution >= 4 is 11.9 Å². The zero-order valence-corrected chi connectivity index (χ0v) is 10.9. The minimum Gasteiger partial charge on any atom is -0.497 e. The van der Waals surface area contributed by atoms with Crippen molar-refractivity contribution < 1.29 is 19.4 Å². The molecule has 1 N–H and O–H groups in total. The van der Waals surface area contributed by atoms with Gasteiger partial charge in [-0.1, -0.05) is 6.07 Å². The number of likely N-dealkylation sites (N-methyl/N-ethyl adjacent to an activating group) is 1. The third kappa shape index (κ3) is 2.61. The molecular formula is C13H17NO4. The van der Waals surface area contributed by atoms with Crippen molar-refractivity contribution in [1.29, 1.82) is 0 Å². The Kier molecular flexibility index (Phi) is 3.96. The molecule has 0 unspecified atom stereocenters. The summed E-state index contributed by atoms with van der Waals surface area (Å²) in [5, 5.41) is 9.09. The number of methoxy groups -OCH3 is 1. The SMILES string of the molecule is COc1cccc(C(=O)N(C)C(C)(C)C(=O)O)c1. The van der Waals surface area contributed by atoms with E-state index >= 15 is 0 Å². The Morgan fingerprint density at radius 1 is 1.33 bits per heavy atom. The van der Waals surface area contributed by atoms with Crippen molar-refractivity contribution in [3.05, 3.63) is 29.8 Å². The number of carboxylic acid groups (broad SMARTS) is 1. The Morgan fingerprint density at radius 2 is 1.94 bits per heavy atom. The van der Waals surface area contributed by atoms with Crippen LogP contribution in [-0.4, -0.2) is 41.6 Å². The lowest BCUT2D eigenvalue weighted by Gasteiger charge is -2.31. The van der Waals surface area contributed by atoms with Crippen LogP contribution in [0.15, 0.2) is 24.3 Å². The fourth-order valence-corrected chi connectivity index (χ4v) is 1.35. The Hall–Kier alpha value is -2.04. The van der Waals surface area contributed by atoms with E-state index in [1.807, 2.05) is 0 Å². The smallest absolute Gasteiger partial charge is 0.329 e. The number of nitrogens with zero attached hydrogens (tertiary/aromatic N) is 1. The molecule has 0 heterocycles. The summed E-state index contributed by atoms with van der Waals surface area (Å²) in [5.74, 6) is -0.857. The van der Waals surface area contributed by atoms with E-state index in [4.69, 9.17) is 9.84 Å². The number of carboxylic acids is 1. The summed E-state index contributed by atoms with van der Waals surface area (Å²) in [7, 11) is 2.98. The maximum Gasteiger partial charge on any atom is 0.329 e. The highest BCUT2D eigenvalue weighted by atomic mass is 16.5. The van der Waals surface area contributed by atoms with Crippen LogP contribution < -0.4 is 4.74 Å². The van der Waals surface area contributed by atoms with Gasteiger partial charge in [-0.15, -0.1) is 0 Å². The van der Waals surface area contributed by atoms with E-state index in [1.54, 1.807) is 24.3 Å². The van der Waals surface area contributed by atoms with Crippen LogP contribution in [0.1, 0.15) is 24.2 Å². The molecule has 18 heavy (non-hydrogen) atoms. The van der Waals surface area contributed by atoms with Crippen LogP contribution in [0.2, 0.25) is 0 Å². The Labute approximate surface area is 106 Å². The predicted molar refractivity (Wildman–Crippen MR) is 66.8 cm³/mol. The van der Waals surface area contributed by atoms with Gasteiger partial charge in [0.05, 0.1) is 7.11 Å². The molecule has 5 nitrogen and oxygen atoms in total. The molecule has 1 aromatic carbocycles. The summed E-state index contributed by atoms with van der Waals surface area (Å²) in [5.41, 5.74) is -0.869. The maximum absolute atomic E-state index is 12.2. The fourth-order valence-electron chi connectivity index (χ4n) is 1.35. The number of carbonyl (C=O) groups is 2. The number of amides is 1. The van der Waals surface area contributed by atoms with E-state index in [2.05, 4.69) is 0 Å². The molecule has 0 radical (unpaired) electrons. The van der Waals surface area contributed by atoms with Gasteiger partial charge < -0.3 is 14.7 Å². The number of aliphatic carboxylic acids is 1. The summed E-state index contributed by atoms with van der Waals surface area (Å²) >= 11 is 0. The van der Waals surface area contributed by atoms with Gasteiger partial charge >= 0.3 is 5.97 Å². The van der Waals surface area contributed by atoms with Gasteiger partial charge in [-0.25, -0.2) is 4.79 Å². The van der Waals surface area contributed by atoms with Crippen LogP contribution in [-0.2, 0) is 4.79 Å². The standard InChI is InChI=1S/C13H17NO4/c1-13(2,12(16)17)14(3)11(15)9-6-5-7-10(8-9)18-4/h5-8H,1-4H3,(H,16,17). The molecule has 0 spiro atoms. The maximum atomic E-state index is 12.2. The normalized spacial score (nSPS) is 10.9. The number of rotatable bonds is 4. The number of hydrogen-bond donors (Lipinski definition) is 1. The molecule has 0 aliphatic rings. The zero-order valence-electron chi connectivity index (χ0n) is 10.9. The van der Waals surface area contributed by atoms with Gasteiger partial charge in [0.25, 0.3) is 5.91 Å². The second kappa shape index (κ2) is 5.08. The highest BCUT2D eigenvalue weighted by Gasteiger charge is 2.35. The molecular weight excluding hydrogens is 234 g/mol. The summed E-state index contributed by atoms with van der Waals surface area (Å²) < 4.78 is 5.03. The number of benzene rings is 1. The highest BCUT2D eigenvalue weighted by Crippen LogP contribution is 2.19. The molecule has 0 saturated heterocycles. The van der Waals surface area contributed by atoms with E-state index in [-0.39, 0.29) is 5.91 Å². The van der Waals surface area contributed by atoms with Crippen molar-refractivity contribution in [2.45, 2.75) is 19.4 Å². The van der Waals surface area contributed by atoms with Crippen molar-refractivity contribution in [2.24, 2.45) is 0 Å². The van der Waals surface area contributed by atoms with E-state index in [0.29, 0.717) is 11.3 Å². The average molecular weight is 251 g/mol. The molecule has 0 aromatic heterocycles. The van der Waals surface area contributed by atoms with Gasteiger partial charge in [0.2, 0.25) is 0 Å². The first-order valence-corrected chi connectivity index (χ1v) is 5.46. The van der Waals surface area contributed by atoms with E-state index in [1.165, 1.54) is 32.9 Å². The van der Waals surface area contributed by atoms with Crippen LogP contribution in [0.4, 0.5) is 0 Å². The Bertz CT molecular complexity index is 468. The fraction of sp³-hybridized carbons (Fsp3) is 0.385. The largest absolute Gasteiger partial charge is 0.497 e. The van der Waals surface area contributed by atoms with Crippen molar-refractivity contribution in [3.8, 4) is 5.75 Å². The molecule has 0 aliphatic carbocycles. The van der Waals surface area contributed by atoms with Crippen molar-refractivity contribution in [3.63, 3.8) is 0 Å². The zero-order chi connectivity index (χ0) is 13.9. The predicted octanol–water partition coefficient (Wildman–Crippen LogP) is 1.63. The third-order valence-corrected chi connectivity index (χ3v) is 2.98. The first-order chi connectivity index (χ1) is 8.30. The van der Waals surface area contributed by atoms with E-state index in [0.717, 1.165) is 0 Å².